The molecule has 0 bridgehead atoms. The minimum atomic E-state index is 0. The van der Waals surface area contributed by atoms with Gasteiger partial charge >= 0.3 is 120 Å². The van der Waals surface area contributed by atoms with Crippen molar-refractivity contribution in [1.82, 2.24) is 0 Å². The second kappa shape index (κ2) is 18.2. The third-order valence-electron chi connectivity index (χ3n) is 8.46. The predicted octanol–water partition coefficient (Wildman–Crippen LogP) is 6.81. The first kappa shape index (κ1) is 41.3. The molecule has 1 atom stereocenters. The number of rotatable bonds is 4. The van der Waals surface area contributed by atoms with E-state index in [1.54, 1.807) is 0 Å². The zero-order valence-corrected chi connectivity index (χ0v) is 34.1. The molecule has 0 aromatic heterocycles. The van der Waals surface area contributed by atoms with Crippen LogP contribution in [0.2, 0.25) is 10.0 Å². The number of allylic oxidation sites excluding steroid dienone is 4. The monoisotopic (exact) mass is 778 g/mol. The number of aryl methyl sites for hydroxylation is 4. The third-order valence-corrected chi connectivity index (χ3v) is 10.3. The summed E-state index contributed by atoms with van der Waals surface area (Å²) in [7, 11) is 0. The molecule has 0 aliphatic heterocycles. The standard InChI is InChI=1S/C17H17.C13H8Cl2.C12H19.2ClH.Zr/c1-10-5-14-9-15-6-11(2)13(4)8-17(15)16(14)7-12(10)3;14-12-5-1-3-10(8-12)7-11-4-2-6-13(15)9-11;1-5-6-10-7-8-11(9-10)12(2,3)4;;;/h5-9H,1-4H3;1-6,8-9H;8-10H,5-6H2,1-4H3;2*1H;/q-1;;-1;;;+2/p-2. The second-order valence-corrected chi connectivity index (χ2v) is 15.3. The van der Waals surface area contributed by atoms with E-state index in [0.29, 0.717) is 11.3 Å². The van der Waals surface area contributed by atoms with Gasteiger partial charge in [-0.25, -0.2) is 6.08 Å². The fraction of sp³-hybridized carbons (Fsp3) is 0.286. The van der Waals surface area contributed by atoms with Crippen molar-refractivity contribution in [2.45, 2.75) is 68.2 Å². The number of halogens is 4. The molecule has 1 aliphatic carbocycles. The van der Waals surface area contributed by atoms with Crippen LogP contribution in [0, 0.1) is 45.1 Å². The second-order valence-electron chi connectivity index (χ2n) is 13.2. The number of benzene rings is 4. The van der Waals surface area contributed by atoms with Gasteiger partial charge in [-0.2, -0.15) is 11.6 Å². The predicted molar refractivity (Wildman–Crippen MR) is 196 cm³/mol. The average Bonchev–Trinajstić information content (AvgIpc) is 3.59. The van der Waals surface area contributed by atoms with Gasteiger partial charge in [0.2, 0.25) is 0 Å². The van der Waals surface area contributed by atoms with Gasteiger partial charge in [0.25, 0.3) is 0 Å². The van der Waals surface area contributed by atoms with E-state index in [1.807, 2.05) is 36.4 Å². The Bertz CT molecular complexity index is 1780. The van der Waals surface area contributed by atoms with Gasteiger partial charge in [0.05, 0.1) is 0 Å². The van der Waals surface area contributed by atoms with Crippen LogP contribution in [-0.2, 0) is 24.2 Å². The molecular weight excluding hydrogens is 737 g/mol. The first-order valence-corrected chi connectivity index (χ1v) is 17.7. The van der Waals surface area contributed by atoms with Crippen LogP contribution in [0.4, 0.5) is 0 Å². The van der Waals surface area contributed by atoms with Crippen molar-refractivity contribution in [3.8, 4) is 0 Å². The Morgan fingerprint density at radius 1 is 0.745 bits per heavy atom. The summed E-state index contributed by atoms with van der Waals surface area (Å²) < 4.78 is 1.26. The van der Waals surface area contributed by atoms with Crippen LogP contribution >= 0.6 is 23.2 Å². The molecule has 0 fully saturated rings. The van der Waals surface area contributed by atoms with Gasteiger partial charge < -0.3 is 24.8 Å². The van der Waals surface area contributed by atoms with Crippen LogP contribution < -0.4 is 24.8 Å². The molecule has 0 spiro atoms. The molecule has 47 heavy (non-hydrogen) atoms. The maximum atomic E-state index is 5.98. The van der Waals surface area contributed by atoms with Gasteiger partial charge in [-0.15, -0.1) is 39.7 Å². The Morgan fingerprint density at radius 2 is 1.19 bits per heavy atom. The molecule has 0 nitrogen and oxygen atoms in total. The summed E-state index contributed by atoms with van der Waals surface area (Å²) in [5.74, 6) is 0.587. The van der Waals surface area contributed by atoms with Crippen LogP contribution in [0.15, 0.2) is 96.6 Å². The molecule has 0 N–H and O–H groups in total. The molecule has 1 aliphatic rings. The number of hydrogen-bond acceptors (Lipinski definition) is 0. The zero-order valence-electron chi connectivity index (χ0n) is 28.7. The van der Waals surface area contributed by atoms with Gasteiger partial charge in [-0.05, 0) is 27.7 Å². The summed E-state index contributed by atoms with van der Waals surface area (Å²) in [5, 5.41) is 7.05. The first-order chi connectivity index (χ1) is 21.3. The summed E-state index contributed by atoms with van der Waals surface area (Å²) >= 11 is 13.3. The van der Waals surface area contributed by atoms with Gasteiger partial charge in [-0.3, -0.25) is 6.08 Å². The summed E-state index contributed by atoms with van der Waals surface area (Å²) in [6.45, 7) is 17.7. The van der Waals surface area contributed by atoms with Crippen molar-refractivity contribution in [3.05, 3.63) is 146 Å². The maximum Gasteiger partial charge on any atom is -1.00 e. The van der Waals surface area contributed by atoms with E-state index in [2.05, 4.69) is 116 Å². The van der Waals surface area contributed by atoms with E-state index in [1.165, 1.54) is 89.7 Å². The molecule has 0 heterocycles. The minimum Gasteiger partial charge on any atom is -1.00 e. The quantitative estimate of drug-likeness (QED) is 0.176. The molecule has 6 rings (SSSR count). The van der Waals surface area contributed by atoms with Gasteiger partial charge in [-0.1, -0.05) is 86.3 Å². The van der Waals surface area contributed by atoms with E-state index >= 15 is 0 Å². The Hall–Kier alpha value is -1.86. The van der Waals surface area contributed by atoms with Crippen molar-refractivity contribution in [3.63, 3.8) is 0 Å². The van der Waals surface area contributed by atoms with Crippen molar-refractivity contribution in [1.29, 1.82) is 0 Å². The van der Waals surface area contributed by atoms with Crippen molar-refractivity contribution >= 4 is 48.0 Å². The molecule has 5 heteroatoms. The van der Waals surface area contributed by atoms with Crippen LogP contribution in [0.3, 0.4) is 0 Å². The Morgan fingerprint density at radius 3 is 1.57 bits per heavy atom. The van der Waals surface area contributed by atoms with E-state index in [4.69, 9.17) is 23.2 Å². The molecule has 5 aromatic rings. The summed E-state index contributed by atoms with van der Waals surface area (Å²) in [6, 6.07) is 27.3. The molecule has 0 saturated heterocycles. The van der Waals surface area contributed by atoms with Crippen molar-refractivity contribution < 1.29 is 49.0 Å². The van der Waals surface area contributed by atoms with E-state index < -0.39 is 0 Å². The Balaban J connectivity index is 0.000000244. The minimum absolute atomic E-state index is 0. The number of hydrogen-bond donors (Lipinski definition) is 0. The molecule has 0 saturated carbocycles. The van der Waals surface area contributed by atoms with E-state index in [-0.39, 0.29) is 24.8 Å². The van der Waals surface area contributed by atoms with Crippen molar-refractivity contribution in [2.24, 2.45) is 11.3 Å². The van der Waals surface area contributed by atoms with Crippen LogP contribution in [-0.4, -0.2) is 3.21 Å². The molecular formula is C42H44Cl4Zr-2. The summed E-state index contributed by atoms with van der Waals surface area (Å²) in [4.78, 5) is 0. The normalized spacial score (nSPS) is 13.5. The van der Waals surface area contributed by atoms with Crippen LogP contribution in [0.5, 0.6) is 0 Å². The Labute approximate surface area is 320 Å². The van der Waals surface area contributed by atoms with Gasteiger partial charge in [0.1, 0.15) is 0 Å². The smallest absolute Gasteiger partial charge is 1.00 e. The topological polar surface area (TPSA) is 0 Å². The molecule has 5 aromatic carbocycles. The zero-order chi connectivity index (χ0) is 32.9. The van der Waals surface area contributed by atoms with E-state index in [9.17, 15) is 0 Å². The molecule has 0 amide bonds. The summed E-state index contributed by atoms with van der Waals surface area (Å²) in [5.41, 5.74) is 9.58. The maximum absolute atomic E-state index is 5.98. The van der Waals surface area contributed by atoms with Crippen molar-refractivity contribution in [2.75, 3.05) is 0 Å². The van der Waals surface area contributed by atoms with Gasteiger partial charge in [0, 0.05) is 0 Å². The molecule has 0 radical (unpaired) electrons. The third kappa shape index (κ3) is 11.1. The van der Waals surface area contributed by atoms with Gasteiger partial charge in [0.15, 0.2) is 0 Å². The van der Waals surface area contributed by atoms with Crippen LogP contribution in [0.1, 0.15) is 73.9 Å². The van der Waals surface area contributed by atoms with E-state index in [0.717, 1.165) is 21.2 Å². The first-order valence-electron chi connectivity index (χ1n) is 15.8. The fourth-order valence-corrected chi connectivity index (χ4v) is 6.60. The van der Waals surface area contributed by atoms with Crippen LogP contribution in [0.25, 0.3) is 21.5 Å². The molecule has 1 unspecified atom stereocenters. The Kier molecular flexibility index (Phi) is 16.0. The number of fused-ring (bicyclic) bond motifs is 3. The molecule has 246 valence electrons. The fourth-order valence-electron chi connectivity index (χ4n) is 5.46. The SMILES string of the molecule is CCCC1[C-]=CC(C(C)(C)C)=C1.Cc1cc2[cH-]c3cc(C)c(C)cc3c2cc1C.Clc1cccc([C](=[Zr+2])c2cccc(Cl)c2)c1.[Cl-].[Cl-]. The summed E-state index contributed by atoms with van der Waals surface area (Å²) in [6.07, 6.45) is 10.4. The average molecular weight is 782 g/mol. The largest absolute Gasteiger partial charge is 1.00 e.